The normalized spacial score (nSPS) is 12.6. The van der Waals surface area contributed by atoms with Crippen LogP contribution in [0.5, 0.6) is 5.75 Å². The summed E-state index contributed by atoms with van der Waals surface area (Å²) >= 11 is 0. The summed E-state index contributed by atoms with van der Waals surface area (Å²) in [7, 11) is -14.8. The molecular weight excluding hydrogens is 871 g/mol. The van der Waals surface area contributed by atoms with E-state index in [1.54, 1.807) is 48.5 Å². The molecule has 0 atom stereocenters. The fourth-order valence-corrected chi connectivity index (χ4v) is 7.96. The monoisotopic (exact) mass is 897 g/mol. The number of phenolic OH excluding ortho intramolecular Hbond substituents is 1. The zero-order valence-corrected chi connectivity index (χ0v) is 33.5. The highest BCUT2D eigenvalue weighted by Crippen LogP contribution is 2.48. The molecular formula is C38H27N9O12S3. The van der Waals surface area contributed by atoms with E-state index in [2.05, 4.69) is 30.7 Å². The summed E-state index contributed by atoms with van der Waals surface area (Å²) in [6.07, 6.45) is 0. The topological polar surface area (TPSA) is 353 Å². The van der Waals surface area contributed by atoms with Gasteiger partial charge in [-0.2, -0.15) is 40.6 Å². The molecule has 21 nitrogen and oxygen atoms in total. The highest BCUT2D eigenvalue weighted by molar-refractivity contribution is 7.86. The number of nitro groups is 1. The number of aromatic hydroxyl groups is 1. The Labute approximate surface area is 349 Å². The molecule has 0 aliphatic heterocycles. The maximum absolute atomic E-state index is 12.5. The first-order valence-electron chi connectivity index (χ1n) is 17.3. The minimum absolute atomic E-state index is 0.114. The van der Waals surface area contributed by atoms with E-state index in [0.717, 1.165) is 23.8 Å². The number of anilines is 2. The molecule has 314 valence electrons. The summed E-state index contributed by atoms with van der Waals surface area (Å²) in [5.41, 5.74) is 12.3. The molecule has 0 fully saturated rings. The van der Waals surface area contributed by atoms with Crippen LogP contribution in [0.3, 0.4) is 0 Å². The van der Waals surface area contributed by atoms with E-state index in [4.69, 9.17) is 11.5 Å². The van der Waals surface area contributed by atoms with E-state index < -0.39 is 78.7 Å². The fraction of sp³-hybridized carbons (Fsp3) is 0. The van der Waals surface area contributed by atoms with Gasteiger partial charge in [-0.15, -0.1) is 15.3 Å². The van der Waals surface area contributed by atoms with Gasteiger partial charge in [-0.25, -0.2) is 0 Å². The number of non-ortho nitro benzene ring substituents is 1. The Hall–Kier alpha value is -7.61. The molecule has 0 radical (unpaired) electrons. The summed E-state index contributed by atoms with van der Waals surface area (Å²) in [5, 5.41) is 46.6. The lowest BCUT2D eigenvalue weighted by Gasteiger charge is -2.14. The van der Waals surface area contributed by atoms with Crippen LogP contribution in [0.2, 0.25) is 0 Å². The van der Waals surface area contributed by atoms with Gasteiger partial charge in [0.05, 0.1) is 43.6 Å². The molecule has 0 aliphatic rings. The average molecular weight is 898 g/mol. The van der Waals surface area contributed by atoms with Gasteiger partial charge in [-0.3, -0.25) is 23.8 Å². The number of nitrogens with zero attached hydrogens (tertiary/aromatic N) is 7. The largest absolute Gasteiger partial charge is 0.505 e. The molecule has 0 bridgehead atoms. The number of hydrogen-bond acceptors (Lipinski definition) is 17. The first kappa shape index (κ1) is 42.5. The third-order valence-electron chi connectivity index (χ3n) is 9.08. The Bertz CT molecular complexity index is 3440. The Balaban J connectivity index is 1.18. The third kappa shape index (κ3) is 8.80. The van der Waals surface area contributed by atoms with E-state index in [1.165, 1.54) is 48.5 Å². The molecule has 8 N–H and O–H groups in total. The smallest absolute Gasteiger partial charge is 0.296 e. The van der Waals surface area contributed by atoms with Gasteiger partial charge in [0, 0.05) is 28.6 Å². The number of phenols is 1. The molecule has 0 aliphatic carbocycles. The molecule has 24 heteroatoms. The minimum Gasteiger partial charge on any atom is -0.505 e. The number of nitrogens with two attached hydrogens (primary N) is 2. The second kappa shape index (κ2) is 16.1. The van der Waals surface area contributed by atoms with Crippen molar-refractivity contribution in [1.82, 2.24) is 0 Å². The van der Waals surface area contributed by atoms with Crippen molar-refractivity contribution in [3.05, 3.63) is 125 Å². The molecule has 62 heavy (non-hydrogen) atoms. The molecule has 7 aromatic carbocycles. The molecule has 0 amide bonds. The van der Waals surface area contributed by atoms with Crippen LogP contribution in [0.15, 0.2) is 161 Å². The lowest BCUT2D eigenvalue weighted by atomic mass is 10.0. The maximum Gasteiger partial charge on any atom is 0.296 e. The highest BCUT2D eigenvalue weighted by atomic mass is 32.2. The van der Waals surface area contributed by atoms with Crippen LogP contribution < -0.4 is 11.5 Å². The van der Waals surface area contributed by atoms with Crippen molar-refractivity contribution < 1.29 is 48.9 Å². The standard InChI is InChI=1S/C38H27N9O12S3/c39-30-14-15-31(29-19-27(60(51,52)53)12-13-28(29)30)44-41-23-8-4-20(5-9-23)21-6-10-24(11-7-21)42-46-37-33(62(57,58)59)17-22-16-32(61(54,55)56)36(35(40)34(22)38(37)48)45-43-25-2-1-3-26(18-25)47(49)50/h1-19,48H,39-40H2,(H,51,52,53)(H,54,55,56)(H,57,58,59). The van der Waals surface area contributed by atoms with E-state index in [9.17, 15) is 54.1 Å². The summed E-state index contributed by atoms with van der Waals surface area (Å²) in [4.78, 5) is 8.18. The lowest BCUT2D eigenvalue weighted by molar-refractivity contribution is -0.384. The summed E-state index contributed by atoms with van der Waals surface area (Å²) in [5.74, 6) is -0.980. The number of rotatable bonds is 11. The van der Waals surface area contributed by atoms with Gasteiger partial charge in [-0.1, -0.05) is 36.4 Å². The average Bonchev–Trinajstić information content (AvgIpc) is 3.22. The Kier molecular flexibility index (Phi) is 11.0. The molecule has 7 rings (SSSR count). The maximum atomic E-state index is 12.5. The Morgan fingerprint density at radius 2 is 1.10 bits per heavy atom. The van der Waals surface area contributed by atoms with Crippen LogP contribution in [0.25, 0.3) is 32.7 Å². The van der Waals surface area contributed by atoms with Crippen molar-refractivity contribution in [3.8, 4) is 16.9 Å². The van der Waals surface area contributed by atoms with Crippen molar-refractivity contribution in [1.29, 1.82) is 0 Å². The van der Waals surface area contributed by atoms with Gasteiger partial charge >= 0.3 is 0 Å². The van der Waals surface area contributed by atoms with Crippen molar-refractivity contribution >= 4 is 103 Å². The van der Waals surface area contributed by atoms with Crippen LogP contribution in [0, 0.1) is 10.1 Å². The first-order chi connectivity index (χ1) is 29.2. The van der Waals surface area contributed by atoms with Gasteiger partial charge in [0.2, 0.25) is 0 Å². The van der Waals surface area contributed by atoms with Crippen LogP contribution in [0.1, 0.15) is 0 Å². The van der Waals surface area contributed by atoms with Gasteiger partial charge in [0.25, 0.3) is 36.0 Å². The van der Waals surface area contributed by atoms with Crippen molar-refractivity contribution in [2.45, 2.75) is 14.7 Å². The molecule has 7 aromatic rings. The highest BCUT2D eigenvalue weighted by Gasteiger charge is 2.28. The molecule has 0 heterocycles. The van der Waals surface area contributed by atoms with Crippen LogP contribution in [0.4, 0.5) is 51.2 Å². The van der Waals surface area contributed by atoms with E-state index in [-0.39, 0.29) is 22.0 Å². The van der Waals surface area contributed by atoms with Crippen molar-refractivity contribution in [2.75, 3.05) is 11.5 Å². The van der Waals surface area contributed by atoms with Crippen LogP contribution in [-0.2, 0) is 30.4 Å². The van der Waals surface area contributed by atoms with E-state index in [0.29, 0.717) is 33.4 Å². The minimum atomic E-state index is -5.18. The number of fused-ring (bicyclic) bond motifs is 2. The quantitative estimate of drug-likeness (QED) is 0.0231. The van der Waals surface area contributed by atoms with Gasteiger partial charge < -0.3 is 16.6 Å². The van der Waals surface area contributed by atoms with Crippen molar-refractivity contribution in [3.63, 3.8) is 0 Å². The molecule has 0 saturated carbocycles. The van der Waals surface area contributed by atoms with Crippen molar-refractivity contribution in [2.24, 2.45) is 30.7 Å². The zero-order valence-electron chi connectivity index (χ0n) is 31.0. The summed E-state index contributed by atoms with van der Waals surface area (Å²) in [6.45, 7) is 0. The molecule has 0 aromatic heterocycles. The number of azo groups is 3. The predicted molar refractivity (Wildman–Crippen MR) is 225 cm³/mol. The number of nitro benzene ring substituents is 1. The van der Waals surface area contributed by atoms with Gasteiger partial charge in [-0.05, 0) is 83.2 Å². The summed E-state index contributed by atoms with van der Waals surface area (Å²) < 4.78 is 103. The Morgan fingerprint density at radius 3 is 1.66 bits per heavy atom. The fourth-order valence-electron chi connectivity index (χ4n) is 6.12. The Morgan fingerprint density at radius 1 is 0.548 bits per heavy atom. The summed E-state index contributed by atoms with van der Waals surface area (Å²) in [6, 6.07) is 26.4. The van der Waals surface area contributed by atoms with Gasteiger partial charge in [0.1, 0.15) is 21.2 Å². The SMILES string of the molecule is Nc1ccc(N=Nc2ccc(-c3ccc(N=Nc4c(S(=O)(=O)O)cc5cc(S(=O)(=O)O)c(N=Nc6cccc([N+](=O)[O-])c6)c(N)c5c4O)cc3)cc2)c2cc(S(=O)(=O)O)ccc12. The van der Waals surface area contributed by atoms with Crippen LogP contribution in [-0.4, -0.2) is 48.9 Å². The second-order valence-corrected chi connectivity index (χ2v) is 17.3. The lowest BCUT2D eigenvalue weighted by Crippen LogP contribution is -2.03. The van der Waals surface area contributed by atoms with Gasteiger partial charge in [0.15, 0.2) is 5.75 Å². The van der Waals surface area contributed by atoms with E-state index >= 15 is 0 Å². The number of hydrogen-bond donors (Lipinski definition) is 6. The van der Waals surface area contributed by atoms with E-state index in [1.807, 2.05) is 0 Å². The van der Waals surface area contributed by atoms with Crippen LogP contribution >= 0.6 is 0 Å². The predicted octanol–water partition coefficient (Wildman–Crippen LogP) is 9.42. The second-order valence-electron chi connectivity index (χ2n) is 13.1. The number of benzene rings is 7. The zero-order chi connectivity index (χ0) is 44.7. The third-order valence-corrected chi connectivity index (χ3v) is 11.7. The number of nitrogen functional groups attached to an aromatic ring is 2. The molecule has 0 saturated heterocycles. The molecule has 0 unspecified atom stereocenters. The molecule has 0 spiro atoms. The first-order valence-corrected chi connectivity index (χ1v) is 21.6.